The summed E-state index contributed by atoms with van der Waals surface area (Å²) in [4.78, 5) is 49.9. The van der Waals surface area contributed by atoms with Crippen LogP contribution in [0.25, 0.3) is 0 Å². The molecule has 0 spiro atoms. The van der Waals surface area contributed by atoms with Crippen LogP contribution in [-0.4, -0.2) is 73.0 Å². The quantitative estimate of drug-likeness (QED) is 0.330. The van der Waals surface area contributed by atoms with Crippen molar-refractivity contribution in [1.29, 1.82) is 0 Å². The molecule has 0 aliphatic carbocycles. The smallest absolute Gasteiger partial charge is 0.259 e. The van der Waals surface area contributed by atoms with E-state index in [1.807, 2.05) is 54.6 Å². The summed E-state index contributed by atoms with van der Waals surface area (Å²) >= 11 is 1.15. The molecule has 6 rings (SSSR count). The molecule has 232 valence electrons. The summed E-state index contributed by atoms with van der Waals surface area (Å²) in [6.45, 7) is 0.857. The number of carbonyl (C=O) groups is 3. The van der Waals surface area contributed by atoms with E-state index in [1.165, 1.54) is 4.90 Å². The fourth-order valence-electron chi connectivity index (χ4n) is 5.09. The van der Waals surface area contributed by atoms with E-state index >= 15 is 0 Å². The maximum Gasteiger partial charge on any atom is 0.259 e. The molecular weight excluding hydrogens is 598 g/mol. The van der Waals surface area contributed by atoms with Crippen LogP contribution in [0.5, 0.6) is 23.0 Å². The van der Waals surface area contributed by atoms with E-state index in [2.05, 4.69) is 20.6 Å². The van der Waals surface area contributed by atoms with Crippen molar-refractivity contribution >= 4 is 46.2 Å². The number of aliphatic imine (C=N–C) groups is 2. The van der Waals surface area contributed by atoms with E-state index < -0.39 is 6.04 Å². The molecule has 0 aromatic heterocycles. The van der Waals surface area contributed by atoms with Crippen molar-refractivity contribution in [3.05, 3.63) is 77.4 Å². The molecule has 3 aromatic rings. The number of fused-ring (bicyclic) bond motifs is 4. The van der Waals surface area contributed by atoms with Crippen molar-refractivity contribution in [3.63, 3.8) is 0 Å². The highest BCUT2D eigenvalue weighted by Gasteiger charge is 2.42. The zero-order valence-electron chi connectivity index (χ0n) is 24.7. The normalized spacial score (nSPS) is 15.9. The first kappa shape index (κ1) is 30.0. The Morgan fingerprint density at radius 2 is 1.76 bits per heavy atom. The third-order valence-electron chi connectivity index (χ3n) is 7.37. The first-order valence-corrected chi connectivity index (χ1v) is 15.3. The summed E-state index contributed by atoms with van der Waals surface area (Å²) < 4.78 is 21.4. The molecule has 3 aromatic carbocycles. The van der Waals surface area contributed by atoms with E-state index in [4.69, 9.17) is 18.9 Å². The number of thioether (sulfide) groups is 1. The molecule has 0 bridgehead atoms. The first-order chi connectivity index (χ1) is 21.9. The molecule has 3 amide bonds. The van der Waals surface area contributed by atoms with Crippen molar-refractivity contribution in [2.45, 2.75) is 25.4 Å². The lowest BCUT2D eigenvalue weighted by atomic mass is 10.1. The molecule has 12 nitrogen and oxygen atoms in total. The number of benzene rings is 3. The van der Waals surface area contributed by atoms with Gasteiger partial charge >= 0.3 is 0 Å². The second-order valence-electron chi connectivity index (χ2n) is 10.3. The summed E-state index contributed by atoms with van der Waals surface area (Å²) in [6.07, 6.45) is 0.477. The van der Waals surface area contributed by atoms with Crippen molar-refractivity contribution < 1.29 is 33.3 Å². The Balaban J connectivity index is 1.06. The number of carbonyl (C=O) groups excluding carboxylic acids is 3. The minimum Gasteiger partial charge on any atom is -0.493 e. The van der Waals surface area contributed by atoms with Gasteiger partial charge in [-0.05, 0) is 53.9 Å². The van der Waals surface area contributed by atoms with Crippen molar-refractivity contribution in [3.8, 4) is 23.0 Å². The Hall–Kier alpha value is -5.04. The lowest BCUT2D eigenvalue weighted by Crippen LogP contribution is -2.42. The van der Waals surface area contributed by atoms with Gasteiger partial charge < -0.3 is 29.6 Å². The first-order valence-electron chi connectivity index (χ1n) is 14.3. The molecule has 0 fully saturated rings. The highest BCUT2D eigenvalue weighted by atomic mass is 32.2. The van der Waals surface area contributed by atoms with E-state index in [-0.39, 0.29) is 43.2 Å². The molecule has 0 saturated heterocycles. The monoisotopic (exact) mass is 629 g/mol. The average Bonchev–Trinajstić information content (AvgIpc) is 3.66. The zero-order valence-corrected chi connectivity index (χ0v) is 25.5. The third-order valence-corrected chi connectivity index (χ3v) is 8.31. The molecule has 45 heavy (non-hydrogen) atoms. The second-order valence-corrected chi connectivity index (χ2v) is 11.2. The molecule has 3 aliphatic heterocycles. The van der Waals surface area contributed by atoms with Gasteiger partial charge in [0, 0.05) is 18.7 Å². The standard InChI is InChI=1S/C32H31N5O7S/c1-41-24-9-7-19(13-26(24)42-2)11-12-33-29(39)17-45-32-36-22-6-4-3-5-21(22)30-35-23(31(40)37(30)32)15-28(38)34-16-20-8-10-25-27(14-20)44-18-43-25/h3-10,13-14,23H,11-12,15-18H2,1-2H3,(H,33,39)(H,34,38)/t23-/m0/s1. The molecule has 0 radical (unpaired) electrons. The second kappa shape index (κ2) is 13.3. The Morgan fingerprint density at radius 3 is 2.60 bits per heavy atom. The van der Waals surface area contributed by atoms with Crippen molar-refractivity contribution in [2.24, 2.45) is 9.98 Å². The molecule has 1 atom stereocenters. The summed E-state index contributed by atoms with van der Waals surface area (Å²) in [7, 11) is 3.16. The fourth-order valence-corrected chi connectivity index (χ4v) is 5.93. The van der Waals surface area contributed by atoms with Gasteiger partial charge in [0.1, 0.15) is 11.9 Å². The summed E-state index contributed by atoms with van der Waals surface area (Å²) in [6, 6.07) is 17.5. The number of hydrogen-bond acceptors (Lipinski definition) is 10. The largest absolute Gasteiger partial charge is 0.493 e. The minimum absolute atomic E-state index is 0.0463. The average molecular weight is 630 g/mol. The van der Waals surface area contributed by atoms with E-state index in [9.17, 15) is 14.4 Å². The van der Waals surface area contributed by atoms with Gasteiger partial charge in [-0.2, -0.15) is 0 Å². The molecule has 3 aliphatic rings. The molecule has 3 heterocycles. The van der Waals surface area contributed by atoms with Gasteiger partial charge in [0.05, 0.1) is 32.1 Å². The Kier molecular flexibility index (Phi) is 8.87. The fraction of sp³-hybridized carbons (Fsp3) is 0.281. The van der Waals surface area contributed by atoms with Crippen LogP contribution in [-0.2, 0) is 27.3 Å². The predicted octanol–water partition coefficient (Wildman–Crippen LogP) is 3.19. The van der Waals surface area contributed by atoms with E-state index in [0.717, 1.165) is 22.9 Å². The van der Waals surface area contributed by atoms with Crippen LogP contribution in [0.1, 0.15) is 23.1 Å². The number of amidine groups is 2. The van der Waals surface area contributed by atoms with Crippen molar-refractivity contribution in [2.75, 3.05) is 33.3 Å². The number of methoxy groups -OCH3 is 2. The minimum atomic E-state index is -0.913. The van der Waals surface area contributed by atoms with Gasteiger partial charge in [-0.1, -0.05) is 36.0 Å². The topological polar surface area (TPSA) is 140 Å². The Labute approximate surface area is 263 Å². The molecule has 13 heteroatoms. The van der Waals surface area contributed by atoms with Crippen LogP contribution in [0.15, 0.2) is 70.6 Å². The highest BCUT2D eigenvalue weighted by Crippen LogP contribution is 2.35. The maximum absolute atomic E-state index is 13.6. The van der Waals surface area contributed by atoms with Gasteiger partial charge in [0.2, 0.25) is 18.6 Å². The third kappa shape index (κ3) is 6.58. The summed E-state index contributed by atoms with van der Waals surface area (Å²) in [5.41, 5.74) is 3.17. The lowest BCUT2D eigenvalue weighted by molar-refractivity contribution is -0.128. The molecule has 2 N–H and O–H groups in total. The number of nitrogens with one attached hydrogen (secondary N) is 2. The van der Waals surface area contributed by atoms with Gasteiger partial charge in [0.25, 0.3) is 5.91 Å². The Morgan fingerprint density at radius 1 is 0.956 bits per heavy atom. The molecular formula is C32H31N5O7S. The number of nitrogens with zero attached hydrogens (tertiary/aromatic N) is 3. The Bertz CT molecular complexity index is 1710. The number of hydrogen-bond donors (Lipinski definition) is 2. The number of rotatable bonds is 11. The molecule has 0 saturated carbocycles. The predicted molar refractivity (Wildman–Crippen MR) is 168 cm³/mol. The van der Waals surface area contributed by atoms with Gasteiger partial charge in [-0.15, -0.1) is 0 Å². The van der Waals surface area contributed by atoms with E-state index in [0.29, 0.717) is 58.2 Å². The van der Waals surface area contributed by atoms with Crippen LogP contribution in [0, 0.1) is 0 Å². The zero-order chi connectivity index (χ0) is 31.3. The number of ether oxygens (including phenoxy) is 4. The van der Waals surface area contributed by atoms with Gasteiger partial charge in [-0.25, -0.2) is 9.89 Å². The van der Waals surface area contributed by atoms with Crippen LogP contribution >= 0.6 is 11.8 Å². The van der Waals surface area contributed by atoms with Gasteiger partial charge in [0.15, 0.2) is 28.2 Å². The number of para-hydroxylation sites is 1. The molecule has 0 unspecified atom stereocenters. The summed E-state index contributed by atoms with van der Waals surface area (Å²) in [5.74, 6) is 2.15. The van der Waals surface area contributed by atoms with Crippen LogP contribution in [0.3, 0.4) is 0 Å². The lowest BCUT2D eigenvalue weighted by Gasteiger charge is -2.25. The highest BCUT2D eigenvalue weighted by molar-refractivity contribution is 8.14. The number of amides is 3. The van der Waals surface area contributed by atoms with Crippen LogP contribution in [0.4, 0.5) is 5.69 Å². The van der Waals surface area contributed by atoms with Crippen LogP contribution in [0.2, 0.25) is 0 Å². The summed E-state index contributed by atoms with van der Waals surface area (Å²) in [5, 5.41) is 6.11. The van der Waals surface area contributed by atoms with Crippen LogP contribution < -0.4 is 29.6 Å². The van der Waals surface area contributed by atoms with E-state index in [1.54, 1.807) is 20.3 Å². The SMILES string of the molecule is COc1ccc(CCNC(=O)CSC2=Nc3ccccc3C3=N[C@@H](CC(=O)NCc4ccc5c(c4)OCO5)C(=O)N23)cc1OC. The van der Waals surface area contributed by atoms with Gasteiger partial charge in [-0.3, -0.25) is 19.4 Å². The van der Waals surface area contributed by atoms with Crippen molar-refractivity contribution in [1.82, 2.24) is 15.5 Å². The maximum atomic E-state index is 13.6.